The molecule has 0 aromatic heterocycles. The zero-order chi connectivity index (χ0) is 22.0. The van der Waals surface area contributed by atoms with Gasteiger partial charge in [-0.3, -0.25) is 14.2 Å². The molecular weight excluding hydrogens is 416 g/mol. The molecular formula is C23H18N2O5S. The lowest BCUT2D eigenvalue weighted by Gasteiger charge is -2.18. The average molecular weight is 434 g/mol. The number of hydrogen-bond acceptors (Lipinski definition) is 5. The Morgan fingerprint density at radius 1 is 0.935 bits per heavy atom. The minimum Gasteiger partial charge on any atom is -0.497 e. The Hall–Kier alpha value is -3.75. The van der Waals surface area contributed by atoms with Crippen LogP contribution in [-0.4, -0.2) is 31.8 Å². The van der Waals surface area contributed by atoms with E-state index in [0.717, 1.165) is 11.1 Å². The van der Waals surface area contributed by atoms with Crippen molar-refractivity contribution in [1.82, 2.24) is 0 Å². The first-order valence-corrected chi connectivity index (χ1v) is 10.7. The number of aliphatic imine (C=N–C) groups is 1. The number of amidine groups is 1. The summed E-state index contributed by atoms with van der Waals surface area (Å²) in [6, 6.07) is 21.8. The molecule has 1 heterocycles. The van der Waals surface area contributed by atoms with Gasteiger partial charge in [-0.1, -0.05) is 42.5 Å². The highest BCUT2D eigenvalue weighted by Gasteiger charge is 2.32. The monoisotopic (exact) mass is 434 g/mol. The number of rotatable bonds is 5. The molecule has 3 aromatic rings. The Morgan fingerprint density at radius 3 is 2.16 bits per heavy atom. The van der Waals surface area contributed by atoms with E-state index < -0.39 is 10.1 Å². The van der Waals surface area contributed by atoms with Gasteiger partial charge < -0.3 is 4.74 Å². The summed E-state index contributed by atoms with van der Waals surface area (Å²) in [5.74, 6) is 0.771. The van der Waals surface area contributed by atoms with E-state index in [4.69, 9.17) is 4.74 Å². The summed E-state index contributed by atoms with van der Waals surface area (Å²) in [4.78, 5) is 19.0. The van der Waals surface area contributed by atoms with Crippen LogP contribution in [0.2, 0.25) is 0 Å². The van der Waals surface area contributed by atoms with E-state index in [0.29, 0.717) is 17.3 Å². The van der Waals surface area contributed by atoms with Gasteiger partial charge in [0.15, 0.2) is 0 Å². The predicted octanol–water partition coefficient (Wildman–Crippen LogP) is 3.78. The van der Waals surface area contributed by atoms with Crippen molar-refractivity contribution in [3.8, 4) is 5.75 Å². The van der Waals surface area contributed by atoms with Crippen LogP contribution < -0.4 is 9.64 Å². The number of carbonyl (C=O) groups excluding carboxylic acids is 1. The molecule has 0 radical (unpaired) electrons. The van der Waals surface area contributed by atoms with Crippen molar-refractivity contribution in [3.63, 3.8) is 0 Å². The van der Waals surface area contributed by atoms with Crippen molar-refractivity contribution in [2.75, 3.05) is 12.0 Å². The molecule has 0 fully saturated rings. The second-order valence-corrected chi connectivity index (χ2v) is 8.14. The fourth-order valence-electron chi connectivity index (χ4n) is 3.16. The maximum Gasteiger partial charge on any atom is 0.294 e. The molecule has 0 aliphatic carbocycles. The highest BCUT2D eigenvalue weighted by atomic mass is 32.2. The van der Waals surface area contributed by atoms with Crippen LogP contribution >= 0.6 is 0 Å². The zero-order valence-corrected chi connectivity index (χ0v) is 17.3. The summed E-state index contributed by atoms with van der Waals surface area (Å²) < 4.78 is 37.1. The number of nitrogens with zero attached hydrogens (tertiary/aromatic N) is 2. The molecule has 3 aromatic carbocycles. The van der Waals surface area contributed by atoms with Crippen LogP contribution in [0.5, 0.6) is 5.75 Å². The van der Waals surface area contributed by atoms with Gasteiger partial charge in [0.2, 0.25) is 0 Å². The van der Waals surface area contributed by atoms with Crippen molar-refractivity contribution in [2.24, 2.45) is 4.99 Å². The van der Waals surface area contributed by atoms with Gasteiger partial charge in [-0.15, -0.1) is 0 Å². The molecule has 0 saturated heterocycles. The number of anilines is 1. The van der Waals surface area contributed by atoms with Gasteiger partial charge >= 0.3 is 0 Å². The van der Waals surface area contributed by atoms with Crippen LogP contribution in [0.1, 0.15) is 11.1 Å². The number of hydrogen-bond donors (Lipinski definition) is 1. The maximum atomic E-state index is 13.2. The normalized spacial score (nSPS) is 15.3. The Labute approximate surface area is 179 Å². The molecule has 0 bridgehead atoms. The Bertz CT molecular complexity index is 1280. The van der Waals surface area contributed by atoms with Gasteiger partial charge in [0.1, 0.15) is 17.3 Å². The number of carbonyl (C=O) groups is 1. The molecule has 0 saturated carbocycles. The van der Waals surface area contributed by atoms with Crippen molar-refractivity contribution in [1.29, 1.82) is 0 Å². The third kappa shape index (κ3) is 4.25. The minimum atomic E-state index is -4.33. The second kappa shape index (κ2) is 8.17. The van der Waals surface area contributed by atoms with Gasteiger partial charge in [-0.05, 0) is 48.0 Å². The molecule has 1 N–H and O–H groups in total. The molecule has 8 heteroatoms. The Balaban J connectivity index is 1.77. The van der Waals surface area contributed by atoms with Crippen molar-refractivity contribution >= 4 is 33.6 Å². The third-order valence-electron chi connectivity index (χ3n) is 4.70. The average Bonchev–Trinajstić information content (AvgIpc) is 3.10. The largest absolute Gasteiger partial charge is 0.497 e. The van der Waals surface area contributed by atoms with E-state index in [1.165, 1.54) is 29.2 Å². The van der Waals surface area contributed by atoms with E-state index in [-0.39, 0.29) is 16.5 Å². The van der Waals surface area contributed by atoms with E-state index in [9.17, 15) is 17.8 Å². The third-order valence-corrected chi connectivity index (χ3v) is 5.57. The first-order chi connectivity index (χ1) is 14.9. The minimum absolute atomic E-state index is 0.239. The fraction of sp³-hybridized carbons (Fsp3) is 0.0435. The van der Waals surface area contributed by atoms with Crippen LogP contribution in [0.25, 0.3) is 6.08 Å². The van der Waals surface area contributed by atoms with Crippen LogP contribution in [-0.2, 0) is 14.9 Å². The quantitative estimate of drug-likeness (QED) is 0.487. The van der Waals surface area contributed by atoms with Gasteiger partial charge in [0.25, 0.3) is 16.0 Å². The van der Waals surface area contributed by atoms with Gasteiger partial charge in [-0.25, -0.2) is 4.99 Å². The van der Waals surface area contributed by atoms with Gasteiger partial charge in [0, 0.05) is 5.56 Å². The Morgan fingerprint density at radius 2 is 1.58 bits per heavy atom. The number of ether oxygens (including phenoxy) is 1. The predicted molar refractivity (Wildman–Crippen MR) is 118 cm³/mol. The highest BCUT2D eigenvalue weighted by Crippen LogP contribution is 2.29. The standard InChI is InChI=1S/C23H18N2O5S/c1-30-19-11-7-16(8-12-19)15-21-23(26)25(22(24-21)17-5-3-2-4-6-17)18-9-13-20(14-10-18)31(27,28)29/h2-15H,1H3,(H,27,28,29)/b21-15+. The summed E-state index contributed by atoms with van der Waals surface area (Å²) >= 11 is 0. The van der Waals surface area contributed by atoms with Crippen molar-refractivity contribution in [2.45, 2.75) is 4.90 Å². The lowest BCUT2D eigenvalue weighted by Crippen LogP contribution is -2.32. The first kappa shape index (κ1) is 20.5. The summed E-state index contributed by atoms with van der Waals surface area (Å²) in [6.45, 7) is 0. The zero-order valence-electron chi connectivity index (χ0n) is 16.5. The van der Waals surface area contributed by atoms with Gasteiger partial charge in [0.05, 0.1) is 17.7 Å². The van der Waals surface area contributed by atoms with Crippen LogP contribution in [0, 0.1) is 0 Å². The van der Waals surface area contributed by atoms with Gasteiger partial charge in [-0.2, -0.15) is 8.42 Å². The molecule has 0 atom stereocenters. The highest BCUT2D eigenvalue weighted by molar-refractivity contribution is 7.85. The molecule has 0 unspecified atom stereocenters. The maximum absolute atomic E-state index is 13.2. The van der Waals surface area contributed by atoms with Crippen LogP contribution in [0.15, 0.2) is 94.4 Å². The molecule has 7 nitrogen and oxygen atoms in total. The Kier molecular flexibility index (Phi) is 5.41. The molecule has 156 valence electrons. The van der Waals surface area contributed by atoms with Crippen molar-refractivity contribution < 1.29 is 22.5 Å². The fourth-order valence-corrected chi connectivity index (χ4v) is 3.64. The van der Waals surface area contributed by atoms with E-state index in [1.54, 1.807) is 25.3 Å². The first-order valence-electron chi connectivity index (χ1n) is 9.29. The SMILES string of the molecule is COc1ccc(/C=C2/N=C(c3ccccc3)N(c3ccc(S(=O)(=O)O)cc3)C2=O)cc1. The lowest BCUT2D eigenvalue weighted by molar-refractivity contribution is -0.113. The van der Waals surface area contributed by atoms with E-state index in [2.05, 4.69) is 4.99 Å². The summed E-state index contributed by atoms with van der Waals surface area (Å²) in [5.41, 5.74) is 2.18. The van der Waals surface area contributed by atoms with Crippen LogP contribution in [0.4, 0.5) is 5.69 Å². The van der Waals surface area contributed by atoms with Crippen molar-refractivity contribution in [3.05, 3.63) is 95.7 Å². The summed E-state index contributed by atoms with van der Waals surface area (Å²) in [5, 5.41) is 0. The number of amides is 1. The van der Waals surface area contributed by atoms with Crippen LogP contribution in [0.3, 0.4) is 0 Å². The molecule has 1 aliphatic heterocycles. The molecule has 1 amide bonds. The molecule has 0 spiro atoms. The van der Waals surface area contributed by atoms with E-state index >= 15 is 0 Å². The molecule has 31 heavy (non-hydrogen) atoms. The molecule has 1 aliphatic rings. The second-order valence-electron chi connectivity index (χ2n) is 6.71. The number of benzene rings is 3. The summed E-state index contributed by atoms with van der Waals surface area (Å²) in [7, 11) is -2.76. The number of methoxy groups -OCH3 is 1. The molecule has 4 rings (SSSR count). The topological polar surface area (TPSA) is 96.3 Å². The smallest absolute Gasteiger partial charge is 0.294 e. The lowest BCUT2D eigenvalue weighted by atomic mass is 10.1. The summed E-state index contributed by atoms with van der Waals surface area (Å²) in [6.07, 6.45) is 1.68. The van der Waals surface area contributed by atoms with E-state index in [1.807, 2.05) is 42.5 Å².